The summed E-state index contributed by atoms with van der Waals surface area (Å²) in [5.41, 5.74) is 0. The summed E-state index contributed by atoms with van der Waals surface area (Å²) >= 11 is -2.61. The summed E-state index contributed by atoms with van der Waals surface area (Å²) in [6.07, 6.45) is 0. The molecule has 11 heteroatoms. The fourth-order valence-corrected chi connectivity index (χ4v) is 0. The molecule has 0 amide bonds. The molecule has 0 aliphatic rings. The van der Waals surface area contributed by atoms with Crippen LogP contribution in [-0.2, 0) is 21.8 Å². The second-order valence-electron chi connectivity index (χ2n) is 0.639. The molecule has 0 radical (unpaired) electrons. The molecule has 58 valence electrons. The van der Waals surface area contributed by atoms with E-state index in [0.717, 1.165) is 0 Å². The van der Waals surface area contributed by atoms with E-state index >= 15 is 0 Å². The Kier molecular flexibility index (Phi) is 24.0. The van der Waals surface area contributed by atoms with Crippen LogP contribution in [0.2, 0.25) is 0 Å². The molecule has 0 saturated carbocycles. The minimum absolute atomic E-state index is 0. The predicted molar refractivity (Wildman–Crippen MR) is 23.9 cm³/mol. The number of hydrogen-bond acceptors (Lipinski definition) is 5. The first-order valence-electron chi connectivity index (χ1n) is 1.20. The fraction of sp³-hybridized carbons (Fsp3) is 0. The molecule has 0 aliphatic carbocycles. The molecule has 2 N–H and O–H groups in total. The Labute approximate surface area is 100 Å². The van der Waals surface area contributed by atoms with Crippen LogP contribution < -0.4 is 48.4 Å². The van der Waals surface area contributed by atoms with Crippen molar-refractivity contribution in [2.75, 3.05) is 0 Å². The number of rotatable bonds is 0. The molecule has 0 bridgehead atoms. The van der Waals surface area contributed by atoms with Gasteiger partial charge in [0.15, 0.2) is 0 Å². The van der Waals surface area contributed by atoms with Gasteiger partial charge >= 0.3 is 48.4 Å². The van der Waals surface area contributed by atoms with Crippen LogP contribution in [0.25, 0.3) is 0 Å². The summed E-state index contributed by atoms with van der Waals surface area (Å²) in [6.45, 7) is 0. The first kappa shape index (κ1) is 22.9. The first-order valence-corrected chi connectivity index (χ1v) is 3.60. The van der Waals surface area contributed by atoms with Gasteiger partial charge < -0.3 is 9.11 Å². The van der Waals surface area contributed by atoms with E-state index in [1.165, 1.54) is 0 Å². The molecule has 0 aromatic heterocycles. The molecule has 0 saturated heterocycles. The minimum Gasteiger partial charge on any atom is -0.759 e. The molecule has 0 aromatic carbocycles. The zero-order valence-corrected chi connectivity index (χ0v) is 9.39. The van der Waals surface area contributed by atoms with Gasteiger partial charge in [0, 0.05) is 10.4 Å². The Morgan fingerprint density at radius 3 is 1.18 bits per heavy atom. The molecule has 0 aliphatic heterocycles. The maximum atomic E-state index is 8.67. The third-order valence-electron chi connectivity index (χ3n) is 0. The summed E-state index contributed by atoms with van der Waals surface area (Å²) in [4.78, 5) is 0. The van der Waals surface area contributed by atoms with Crippen molar-refractivity contribution in [3.05, 3.63) is 0 Å². The van der Waals surface area contributed by atoms with Crippen molar-refractivity contribution in [1.82, 2.24) is 0 Å². The van der Waals surface area contributed by atoms with Crippen molar-refractivity contribution in [2.24, 2.45) is 0 Å². The summed E-state index contributed by atoms with van der Waals surface area (Å²) in [5.74, 6) is 0. The molecule has 0 spiro atoms. The molecular weight excluding hydrogens is 206 g/mol. The van der Waals surface area contributed by atoms with Crippen LogP contribution >= 0.6 is 0 Å². The summed E-state index contributed by atoms with van der Waals surface area (Å²) < 4.78 is 56.9. The summed E-state index contributed by atoms with van der Waals surface area (Å²) in [7, 11) is -5.17. The van der Waals surface area contributed by atoms with Crippen molar-refractivity contribution >= 4 is 21.8 Å². The maximum Gasteiger partial charge on any atom is 1.00 e. The Balaban J connectivity index is -0.0000000383. The van der Waals surface area contributed by atoms with Crippen molar-refractivity contribution in [1.29, 1.82) is 0 Å². The molecule has 7 nitrogen and oxygen atoms in total. The molecule has 11 heavy (non-hydrogen) atoms. The summed E-state index contributed by atoms with van der Waals surface area (Å²) in [5, 5.41) is 0. The SMILES string of the molecule is O=S(=O)([O-])[O-].O=S(O)O.[Li+].[Na+]. The van der Waals surface area contributed by atoms with Crippen molar-refractivity contribution in [3.8, 4) is 0 Å². The van der Waals surface area contributed by atoms with Gasteiger partial charge in [0.1, 0.15) is 0 Å². The zero-order valence-electron chi connectivity index (χ0n) is 5.75. The van der Waals surface area contributed by atoms with Crippen LogP contribution in [0, 0.1) is 0 Å². The van der Waals surface area contributed by atoms with Gasteiger partial charge in [0.2, 0.25) is 0 Å². The molecular formula is H2LiNaO7S2. The third-order valence-corrected chi connectivity index (χ3v) is 0. The van der Waals surface area contributed by atoms with Gasteiger partial charge in [-0.3, -0.25) is 17.5 Å². The van der Waals surface area contributed by atoms with E-state index in [-0.39, 0.29) is 48.4 Å². The second-order valence-corrected chi connectivity index (χ2v) is 1.92. The summed E-state index contributed by atoms with van der Waals surface area (Å²) in [6, 6.07) is 0. The monoisotopic (exact) mass is 208 g/mol. The Morgan fingerprint density at radius 2 is 1.18 bits per heavy atom. The Hall–Kier alpha value is 1.54. The number of hydrogen-bond donors (Lipinski definition) is 2. The van der Waals surface area contributed by atoms with E-state index in [0.29, 0.717) is 0 Å². The van der Waals surface area contributed by atoms with Crippen molar-refractivity contribution < 1.29 is 79.3 Å². The second kappa shape index (κ2) is 11.5. The Morgan fingerprint density at radius 1 is 1.18 bits per heavy atom. The fourth-order valence-electron chi connectivity index (χ4n) is 0. The van der Waals surface area contributed by atoms with Gasteiger partial charge in [-0.25, -0.2) is 0 Å². The van der Waals surface area contributed by atoms with E-state index in [2.05, 4.69) is 0 Å². The van der Waals surface area contributed by atoms with Crippen LogP contribution in [0.3, 0.4) is 0 Å². The van der Waals surface area contributed by atoms with Gasteiger partial charge in [-0.1, -0.05) is 0 Å². The average molecular weight is 208 g/mol. The topological polar surface area (TPSA) is 138 Å². The van der Waals surface area contributed by atoms with E-state index < -0.39 is 21.8 Å². The predicted octanol–water partition coefficient (Wildman–Crippen LogP) is -7.65. The first-order chi connectivity index (χ1) is 3.73. The van der Waals surface area contributed by atoms with Gasteiger partial charge in [-0.15, -0.1) is 0 Å². The van der Waals surface area contributed by atoms with Gasteiger partial charge in [0.25, 0.3) is 11.4 Å². The van der Waals surface area contributed by atoms with E-state index in [1.54, 1.807) is 0 Å². The normalized spacial score (nSPS) is 8.45. The third kappa shape index (κ3) is 444. The standard InChI is InChI=1S/Li.Na.H2O4S.H2O3S/c;;1-5(2,3)4;1-4(2)3/h;;(H2,1,2,3,4);(H2,1,2,3)/q2*+1;;/p-2. The van der Waals surface area contributed by atoms with Crippen LogP contribution in [-0.4, -0.2) is 30.8 Å². The van der Waals surface area contributed by atoms with Crippen LogP contribution in [0.1, 0.15) is 0 Å². The molecule has 0 unspecified atom stereocenters. The largest absolute Gasteiger partial charge is 1.00 e. The Bertz CT molecular complexity index is 159. The molecule has 0 fully saturated rings. The van der Waals surface area contributed by atoms with Gasteiger partial charge in [0.05, 0.1) is 0 Å². The minimum atomic E-state index is -5.17. The smallest absolute Gasteiger partial charge is 0.759 e. The maximum absolute atomic E-state index is 8.67. The van der Waals surface area contributed by atoms with Gasteiger partial charge in [-0.05, 0) is 0 Å². The van der Waals surface area contributed by atoms with Crippen LogP contribution in [0.4, 0.5) is 0 Å². The van der Waals surface area contributed by atoms with Crippen molar-refractivity contribution in [3.63, 3.8) is 0 Å². The quantitative estimate of drug-likeness (QED) is 0.174. The van der Waals surface area contributed by atoms with E-state index in [1.807, 2.05) is 0 Å². The van der Waals surface area contributed by atoms with E-state index in [4.69, 9.17) is 30.8 Å². The molecule has 0 heterocycles. The average Bonchev–Trinajstić information content (AvgIpc) is 1.19. The van der Waals surface area contributed by atoms with E-state index in [9.17, 15) is 0 Å². The molecule has 0 aromatic rings. The van der Waals surface area contributed by atoms with Gasteiger partial charge in [-0.2, -0.15) is 4.21 Å². The molecule has 0 rings (SSSR count). The van der Waals surface area contributed by atoms with Crippen LogP contribution in [0.5, 0.6) is 0 Å². The van der Waals surface area contributed by atoms with Crippen molar-refractivity contribution in [2.45, 2.75) is 0 Å². The zero-order chi connectivity index (χ0) is 8.08. The van der Waals surface area contributed by atoms with Crippen LogP contribution in [0.15, 0.2) is 0 Å². The molecule has 0 atom stereocenters.